The lowest BCUT2D eigenvalue weighted by Crippen LogP contribution is -2.49. The third kappa shape index (κ3) is 4.41. The number of carbonyl (C=O) groups is 3. The van der Waals surface area contributed by atoms with Crippen molar-refractivity contribution in [2.24, 2.45) is 0 Å². The highest BCUT2D eigenvalue weighted by molar-refractivity contribution is 6.02. The highest BCUT2D eigenvalue weighted by Gasteiger charge is 2.39. The summed E-state index contributed by atoms with van der Waals surface area (Å²) in [5, 5.41) is 2.72. The molecule has 2 saturated heterocycles. The van der Waals surface area contributed by atoms with Crippen LogP contribution in [0.15, 0.2) is 54.7 Å². The van der Waals surface area contributed by atoms with Gasteiger partial charge in [-0.2, -0.15) is 0 Å². The van der Waals surface area contributed by atoms with E-state index in [-0.39, 0.29) is 31.5 Å². The summed E-state index contributed by atoms with van der Waals surface area (Å²) in [6.45, 7) is -3.19. The number of allylic oxidation sites excluding steroid dienone is 1. The van der Waals surface area contributed by atoms with E-state index >= 15 is 0 Å². The van der Waals surface area contributed by atoms with Gasteiger partial charge < -0.3 is 24.6 Å². The maximum absolute atomic E-state index is 13.0. The Bertz CT molecular complexity index is 1350. The normalized spacial score (nSPS) is 27.7. The molecule has 0 radical (unpaired) electrons. The fraction of sp³-hybridized carbons (Fsp3) is 0.346. The van der Waals surface area contributed by atoms with Crippen molar-refractivity contribution >= 4 is 17.7 Å². The molecule has 1 N–H and O–H groups in total. The highest BCUT2D eigenvalue weighted by atomic mass is 16.5. The van der Waals surface area contributed by atoms with Crippen molar-refractivity contribution in [3.63, 3.8) is 0 Å². The van der Waals surface area contributed by atoms with Gasteiger partial charge in [0.25, 0.3) is 5.91 Å². The zero-order valence-electron chi connectivity index (χ0n) is 23.4. The zero-order chi connectivity index (χ0) is 28.1. The van der Waals surface area contributed by atoms with E-state index < -0.39 is 31.6 Å². The Morgan fingerprint density at radius 3 is 2.74 bits per heavy atom. The lowest BCUT2D eigenvalue weighted by Gasteiger charge is -2.31. The van der Waals surface area contributed by atoms with E-state index in [1.54, 1.807) is 47.4 Å². The van der Waals surface area contributed by atoms with Crippen molar-refractivity contribution < 1.29 is 30.7 Å². The molecule has 5 rings (SSSR count). The molecule has 0 bridgehead atoms. The van der Waals surface area contributed by atoms with Crippen molar-refractivity contribution in [3.05, 3.63) is 77.0 Å². The fourth-order valence-electron chi connectivity index (χ4n) is 4.27. The van der Waals surface area contributed by atoms with Gasteiger partial charge in [-0.25, -0.2) is 0 Å². The van der Waals surface area contributed by atoms with Gasteiger partial charge in [0.1, 0.15) is 25.0 Å². The number of rotatable bonds is 6. The fourth-order valence-corrected chi connectivity index (χ4v) is 4.27. The monoisotopic (exact) mass is 466 g/mol. The molecule has 0 spiro atoms. The van der Waals surface area contributed by atoms with Gasteiger partial charge in [-0.3, -0.25) is 14.4 Å². The van der Waals surface area contributed by atoms with Gasteiger partial charge in [-0.15, -0.1) is 0 Å². The number of nitrogens with one attached hydrogen (secondary N) is 1. The SMILES string of the molecule is [2H]C1N(Cc2ccc(COc3cccc4c3CN(C3CCC(=C)NC3=O)C4=O)cc2)C(=O)C([2H])([2H])OC1([2H])[2H]. The Morgan fingerprint density at radius 2 is 1.94 bits per heavy atom. The molecule has 2 fully saturated rings. The summed E-state index contributed by atoms with van der Waals surface area (Å²) >= 11 is 0. The molecule has 3 aliphatic heterocycles. The molecular formula is C26H27N3O5. The number of ether oxygens (including phenoxy) is 2. The van der Waals surface area contributed by atoms with E-state index in [1.807, 2.05) is 0 Å². The smallest absolute Gasteiger partial charge is 0.255 e. The van der Waals surface area contributed by atoms with Crippen molar-refractivity contribution in [3.8, 4) is 5.75 Å². The zero-order valence-corrected chi connectivity index (χ0v) is 18.4. The summed E-state index contributed by atoms with van der Waals surface area (Å²) < 4.78 is 49.5. The van der Waals surface area contributed by atoms with Crippen LogP contribution in [0.3, 0.4) is 0 Å². The summed E-state index contributed by atoms with van der Waals surface area (Å²) in [7, 11) is 0. The Labute approximate surface area is 205 Å². The van der Waals surface area contributed by atoms with Crippen LogP contribution in [0.25, 0.3) is 0 Å². The number of benzene rings is 2. The number of hydrogen-bond acceptors (Lipinski definition) is 5. The third-order valence-corrected chi connectivity index (χ3v) is 6.09. The molecule has 2 aromatic carbocycles. The van der Waals surface area contributed by atoms with Gasteiger partial charge in [0.05, 0.1) is 20.0 Å². The second-order valence-corrected chi connectivity index (χ2v) is 8.35. The second kappa shape index (κ2) is 9.30. The molecule has 34 heavy (non-hydrogen) atoms. The number of piperidine rings is 1. The van der Waals surface area contributed by atoms with E-state index in [0.717, 1.165) is 10.5 Å². The van der Waals surface area contributed by atoms with Gasteiger partial charge in [0.2, 0.25) is 11.8 Å². The van der Waals surface area contributed by atoms with Gasteiger partial charge in [0, 0.05) is 29.9 Å². The van der Waals surface area contributed by atoms with Gasteiger partial charge in [-0.05, 0) is 36.1 Å². The van der Waals surface area contributed by atoms with Crippen LogP contribution in [0.1, 0.15) is 46.7 Å². The summed E-state index contributed by atoms with van der Waals surface area (Å²) in [5.74, 6) is -1.03. The van der Waals surface area contributed by atoms with Crippen molar-refractivity contribution in [1.29, 1.82) is 0 Å². The first-order valence-electron chi connectivity index (χ1n) is 13.5. The van der Waals surface area contributed by atoms with E-state index in [9.17, 15) is 14.4 Å². The van der Waals surface area contributed by atoms with Crippen LogP contribution in [-0.4, -0.2) is 53.2 Å². The van der Waals surface area contributed by atoms with Crippen LogP contribution in [0.2, 0.25) is 0 Å². The van der Waals surface area contributed by atoms with Gasteiger partial charge in [-0.1, -0.05) is 36.9 Å². The Kier molecular flexibility index (Phi) is 4.62. The topological polar surface area (TPSA) is 88.2 Å². The number of nitrogens with zero attached hydrogens (tertiary/aromatic N) is 2. The van der Waals surface area contributed by atoms with Crippen LogP contribution in [0, 0.1) is 0 Å². The molecule has 8 heteroatoms. The first kappa shape index (κ1) is 16.9. The van der Waals surface area contributed by atoms with Crippen LogP contribution in [0.4, 0.5) is 0 Å². The van der Waals surface area contributed by atoms with Crippen LogP contribution >= 0.6 is 0 Å². The average Bonchev–Trinajstić information content (AvgIpc) is 3.21. The number of amides is 3. The van der Waals surface area contributed by atoms with E-state index in [4.69, 9.17) is 11.6 Å². The maximum atomic E-state index is 13.0. The number of carbonyl (C=O) groups excluding carboxylic acids is 3. The Hall–Kier alpha value is -3.65. The first-order valence-corrected chi connectivity index (χ1v) is 10.9. The average molecular weight is 467 g/mol. The predicted octanol–water partition coefficient (Wildman–Crippen LogP) is 2.37. The quantitative estimate of drug-likeness (QED) is 0.706. The number of fused-ring (bicyclic) bond motifs is 1. The van der Waals surface area contributed by atoms with Crippen molar-refractivity contribution in [2.45, 2.75) is 38.6 Å². The maximum Gasteiger partial charge on any atom is 0.255 e. The van der Waals surface area contributed by atoms with Crippen LogP contribution < -0.4 is 10.1 Å². The number of hydrogen-bond donors (Lipinski definition) is 1. The summed E-state index contributed by atoms with van der Waals surface area (Å²) in [5.41, 5.74) is 3.22. The lowest BCUT2D eigenvalue weighted by molar-refractivity contribution is -0.143. The van der Waals surface area contributed by atoms with E-state index in [2.05, 4.69) is 16.6 Å². The van der Waals surface area contributed by atoms with Gasteiger partial charge >= 0.3 is 0 Å². The largest absolute Gasteiger partial charge is 0.489 e. The summed E-state index contributed by atoms with van der Waals surface area (Å²) in [4.78, 5) is 40.3. The number of morpholine rings is 1. The van der Waals surface area contributed by atoms with Crippen LogP contribution in [-0.2, 0) is 34.0 Å². The van der Waals surface area contributed by atoms with E-state index in [1.165, 1.54) is 0 Å². The molecule has 2 aromatic rings. The van der Waals surface area contributed by atoms with Crippen LogP contribution in [0.5, 0.6) is 5.75 Å². The molecule has 2 atom stereocenters. The molecule has 3 aliphatic rings. The molecule has 3 amide bonds. The lowest BCUT2D eigenvalue weighted by atomic mass is 10.0. The predicted molar refractivity (Wildman–Crippen MR) is 124 cm³/mol. The summed E-state index contributed by atoms with van der Waals surface area (Å²) in [6.07, 6.45) is 1.12. The minimum absolute atomic E-state index is 0.164. The molecular weight excluding hydrogens is 434 g/mol. The molecule has 3 heterocycles. The minimum atomic E-state index is -2.86. The molecule has 0 saturated carbocycles. The second-order valence-electron chi connectivity index (χ2n) is 8.35. The first-order chi connectivity index (χ1) is 18.4. The molecule has 2 unspecified atom stereocenters. The standard InChI is InChI=1S/C26H27N3O5/c1-17-5-10-22(25(31)27-17)29-14-21-20(26(29)32)3-2-4-23(21)34-15-19-8-6-18(7-9-19)13-28-11-12-33-16-24(28)30/h2-4,6-9,22H,1,5,10-16H2,(H,27,31)/i11D,12D2,16D2. The summed E-state index contributed by atoms with van der Waals surface area (Å²) in [6, 6.07) is 11.5. The molecule has 8 nitrogen and oxygen atoms in total. The van der Waals surface area contributed by atoms with Crippen molar-refractivity contribution in [2.75, 3.05) is 19.6 Å². The molecule has 0 aliphatic carbocycles. The Balaban J connectivity index is 1.25. The van der Waals surface area contributed by atoms with Gasteiger partial charge in [0.15, 0.2) is 0 Å². The molecule has 0 aromatic heterocycles. The molecule has 176 valence electrons. The highest BCUT2D eigenvalue weighted by Crippen LogP contribution is 2.34. The third-order valence-electron chi connectivity index (χ3n) is 6.09. The minimum Gasteiger partial charge on any atom is -0.489 e. The van der Waals surface area contributed by atoms with E-state index in [0.29, 0.717) is 41.0 Å². The Morgan fingerprint density at radius 1 is 1.15 bits per heavy atom. The van der Waals surface area contributed by atoms with Crippen molar-refractivity contribution in [1.82, 2.24) is 15.1 Å².